The molecule has 1 aliphatic carbocycles. The van der Waals surface area contributed by atoms with Gasteiger partial charge in [-0.15, -0.1) is 0 Å². The van der Waals surface area contributed by atoms with Gasteiger partial charge in [-0.3, -0.25) is 0 Å². The number of hydrogen-bond donors (Lipinski definition) is 0. The molecule has 0 fully saturated rings. The van der Waals surface area contributed by atoms with E-state index in [1.54, 1.807) is 0 Å². The highest BCUT2D eigenvalue weighted by atomic mass is 15.1. The molecule has 82 heavy (non-hydrogen) atoms. The van der Waals surface area contributed by atoms with Gasteiger partial charge in [0, 0.05) is 72.7 Å². The van der Waals surface area contributed by atoms with Crippen molar-refractivity contribution in [3.8, 4) is 50.4 Å². The third-order valence-corrected chi connectivity index (χ3v) is 17.1. The summed E-state index contributed by atoms with van der Waals surface area (Å²) in [6.07, 6.45) is 5.70. The monoisotopic (exact) mass is 1050 g/mol. The van der Waals surface area contributed by atoms with E-state index in [0.717, 1.165) is 29.2 Å². The summed E-state index contributed by atoms with van der Waals surface area (Å²) in [4.78, 5) is 2.37. The third kappa shape index (κ3) is 7.98. The second kappa shape index (κ2) is 19.6. The summed E-state index contributed by atoms with van der Waals surface area (Å²) in [5.41, 5.74) is 24.0. The lowest BCUT2D eigenvalue weighted by atomic mass is 9.86. The van der Waals surface area contributed by atoms with Crippen molar-refractivity contribution in [2.45, 2.75) is 12.3 Å². The minimum absolute atomic E-state index is 0.293. The lowest BCUT2D eigenvalue weighted by Crippen LogP contribution is -2.10. The van der Waals surface area contributed by atoms with Gasteiger partial charge in [0.25, 0.3) is 0 Å². The molecule has 15 aromatic rings. The zero-order valence-electron chi connectivity index (χ0n) is 45.0. The van der Waals surface area contributed by atoms with Gasteiger partial charge in [0.2, 0.25) is 0 Å². The van der Waals surface area contributed by atoms with Crippen molar-refractivity contribution in [3.05, 3.63) is 320 Å². The SMILES string of the molecule is C1=CC(c2ccc(-c3ccc(N(c4ccc(-c5ccc(-c6ccc7c(c6)c6ccccc6n7-c6ccccc6)cc5)cc4)c4ccc(-n5c6ccccc6c6ccccc65)cc4)cc3)cc2)Cc2c1n(-c1ccccc1)c1ccccc21. The van der Waals surface area contributed by atoms with Crippen molar-refractivity contribution < 1.29 is 0 Å². The fourth-order valence-electron chi connectivity index (χ4n) is 13.1. The summed E-state index contributed by atoms with van der Waals surface area (Å²) in [5, 5.41) is 6.35. The van der Waals surface area contributed by atoms with E-state index in [1.165, 1.54) is 116 Å². The van der Waals surface area contributed by atoms with E-state index in [2.05, 4.69) is 328 Å². The van der Waals surface area contributed by atoms with Crippen LogP contribution in [0.2, 0.25) is 0 Å². The molecule has 0 radical (unpaired) electrons. The lowest BCUT2D eigenvalue weighted by molar-refractivity contribution is 0.825. The van der Waals surface area contributed by atoms with Crippen molar-refractivity contribution in [1.29, 1.82) is 0 Å². The second-order valence-corrected chi connectivity index (χ2v) is 21.7. The van der Waals surface area contributed by atoms with E-state index in [9.17, 15) is 0 Å². The fraction of sp³-hybridized carbons (Fsp3) is 0.0256. The minimum Gasteiger partial charge on any atom is -0.311 e. The molecule has 4 heteroatoms. The summed E-state index contributed by atoms with van der Waals surface area (Å²) in [6.45, 7) is 0. The molecule has 1 aliphatic rings. The van der Waals surface area contributed by atoms with Crippen LogP contribution in [0.5, 0.6) is 0 Å². The highest BCUT2D eigenvalue weighted by Gasteiger charge is 2.24. The molecule has 0 saturated heterocycles. The van der Waals surface area contributed by atoms with Gasteiger partial charge in [0.05, 0.1) is 27.6 Å². The van der Waals surface area contributed by atoms with Crippen molar-refractivity contribution >= 4 is 77.7 Å². The fourth-order valence-corrected chi connectivity index (χ4v) is 13.1. The number of aromatic nitrogens is 3. The molecule has 3 aromatic heterocycles. The Hall–Kier alpha value is -10.7. The molecule has 0 aliphatic heterocycles. The van der Waals surface area contributed by atoms with E-state index in [4.69, 9.17) is 0 Å². The Balaban J connectivity index is 0.703. The van der Waals surface area contributed by atoms with Gasteiger partial charge in [-0.25, -0.2) is 0 Å². The molecule has 0 amide bonds. The first kappa shape index (κ1) is 47.3. The van der Waals surface area contributed by atoms with Crippen molar-refractivity contribution in [2.75, 3.05) is 4.90 Å². The number of fused-ring (bicyclic) bond motifs is 9. The molecular formula is C78H54N4. The second-order valence-electron chi connectivity index (χ2n) is 21.7. The summed E-state index contributed by atoms with van der Waals surface area (Å²) < 4.78 is 7.17. The normalized spacial score (nSPS) is 13.1. The highest BCUT2D eigenvalue weighted by Crippen LogP contribution is 2.42. The van der Waals surface area contributed by atoms with Crippen LogP contribution < -0.4 is 4.90 Å². The van der Waals surface area contributed by atoms with Crippen LogP contribution in [-0.4, -0.2) is 13.7 Å². The summed E-state index contributed by atoms with van der Waals surface area (Å²) in [5.74, 6) is 0.293. The van der Waals surface area contributed by atoms with Gasteiger partial charge >= 0.3 is 0 Å². The molecule has 1 unspecified atom stereocenters. The molecule has 3 heterocycles. The van der Waals surface area contributed by atoms with Crippen molar-refractivity contribution in [1.82, 2.24) is 13.7 Å². The Morgan fingerprint density at radius 1 is 0.280 bits per heavy atom. The number of para-hydroxylation sites is 6. The molecule has 16 rings (SSSR count). The highest BCUT2D eigenvalue weighted by molar-refractivity contribution is 6.11. The molecule has 0 N–H and O–H groups in total. The van der Waals surface area contributed by atoms with E-state index in [1.807, 2.05) is 0 Å². The van der Waals surface area contributed by atoms with Crippen LogP contribution in [0.15, 0.2) is 303 Å². The number of nitrogens with zero attached hydrogens (tertiary/aromatic N) is 4. The zero-order valence-corrected chi connectivity index (χ0v) is 45.0. The van der Waals surface area contributed by atoms with Gasteiger partial charge in [-0.1, -0.05) is 194 Å². The average molecular weight is 1050 g/mol. The van der Waals surface area contributed by atoms with E-state index in [0.29, 0.717) is 5.92 Å². The van der Waals surface area contributed by atoms with Crippen LogP contribution in [-0.2, 0) is 6.42 Å². The van der Waals surface area contributed by atoms with E-state index < -0.39 is 0 Å². The number of hydrogen-bond acceptors (Lipinski definition) is 1. The number of anilines is 3. The maximum atomic E-state index is 2.41. The first-order valence-corrected chi connectivity index (χ1v) is 28.4. The van der Waals surface area contributed by atoms with Gasteiger partial charge < -0.3 is 18.6 Å². The van der Waals surface area contributed by atoms with Gasteiger partial charge in [-0.2, -0.15) is 0 Å². The van der Waals surface area contributed by atoms with Crippen LogP contribution in [0, 0.1) is 0 Å². The maximum Gasteiger partial charge on any atom is 0.0541 e. The van der Waals surface area contributed by atoms with Crippen LogP contribution in [0.4, 0.5) is 17.1 Å². The summed E-state index contributed by atoms with van der Waals surface area (Å²) in [6, 6.07) is 109. The molecule has 0 spiro atoms. The van der Waals surface area contributed by atoms with Gasteiger partial charge in [-0.05, 0) is 166 Å². The molecule has 1 atom stereocenters. The molecular weight excluding hydrogens is 993 g/mol. The lowest BCUT2D eigenvalue weighted by Gasteiger charge is -2.26. The summed E-state index contributed by atoms with van der Waals surface area (Å²) in [7, 11) is 0. The van der Waals surface area contributed by atoms with Crippen molar-refractivity contribution in [2.24, 2.45) is 0 Å². The average Bonchev–Trinajstić information content (AvgIpc) is 4.28. The van der Waals surface area contributed by atoms with Gasteiger partial charge in [0.15, 0.2) is 0 Å². The van der Waals surface area contributed by atoms with E-state index >= 15 is 0 Å². The predicted octanol–water partition coefficient (Wildman–Crippen LogP) is 20.6. The Labute approximate surface area is 476 Å². The number of allylic oxidation sites excluding steroid dienone is 1. The van der Waals surface area contributed by atoms with Crippen LogP contribution in [0.1, 0.15) is 22.7 Å². The molecule has 12 aromatic carbocycles. The zero-order chi connectivity index (χ0) is 54.1. The Bertz CT molecular complexity index is 4840. The first-order valence-electron chi connectivity index (χ1n) is 28.4. The van der Waals surface area contributed by atoms with E-state index in [-0.39, 0.29) is 0 Å². The Morgan fingerprint density at radius 2 is 0.634 bits per heavy atom. The largest absolute Gasteiger partial charge is 0.311 e. The Morgan fingerprint density at radius 3 is 1.15 bits per heavy atom. The molecule has 0 bridgehead atoms. The quantitative estimate of drug-likeness (QED) is 0.133. The Kier molecular flexibility index (Phi) is 11.3. The third-order valence-electron chi connectivity index (χ3n) is 17.1. The number of benzene rings is 12. The van der Waals surface area contributed by atoms with Crippen LogP contribution >= 0.6 is 0 Å². The summed E-state index contributed by atoms with van der Waals surface area (Å²) >= 11 is 0. The first-order chi connectivity index (χ1) is 40.7. The molecule has 386 valence electrons. The predicted molar refractivity (Wildman–Crippen MR) is 345 cm³/mol. The molecule has 0 saturated carbocycles. The molecule has 4 nitrogen and oxygen atoms in total. The van der Waals surface area contributed by atoms with Crippen LogP contribution in [0.3, 0.4) is 0 Å². The van der Waals surface area contributed by atoms with Crippen molar-refractivity contribution in [3.63, 3.8) is 0 Å². The standard InChI is InChI=1S/C78H54N4/c1-3-15-61(16-4-1)80-75-25-13-9-21-69(75)71-51-59(39-49-77(71)80)57-31-27-53(28-32-57)55-35-41-63(42-36-55)79(65-45-47-66(48-46-65)82-73-23-11-7-19-67(73)68-20-8-12-24-74(68)82)64-43-37-56(38-44-64)54-29-33-58(34-30-54)60-40-50-78-72(52-60)70-22-10-14-26-76(70)81(78)62-17-5-2-6-18-62/h1-51,60H,52H2. The number of rotatable bonds is 10. The van der Waals surface area contributed by atoms with Gasteiger partial charge in [0.1, 0.15) is 0 Å². The topological polar surface area (TPSA) is 18.0 Å². The van der Waals surface area contributed by atoms with Crippen LogP contribution in [0.25, 0.3) is 111 Å². The maximum absolute atomic E-state index is 2.41. The minimum atomic E-state index is 0.293. The smallest absolute Gasteiger partial charge is 0.0541 e.